The first-order valence-corrected chi connectivity index (χ1v) is 6.20. The summed E-state index contributed by atoms with van der Waals surface area (Å²) in [5.41, 5.74) is 3.66. The summed E-state index contributed by atoms with van der Waals surface area (Å²) in [6, 6.07) is 16.5. The molecule has 0 spiro atoms. The molecule has 0 aliphatic carbocycles. The molecule has 0 fully saturated rings. The van der Waals surface area contributed by atoms with Gasteiger partial charge < -0.3 is 9.84 Å². The second kappa shape index (κ2) is 6.22. The monoisotopic (exact) mass is 242 g/mol. The molecule has 0 aliphatic rings. The van der Waals surface area contributed by atoms with E-state index in [2.05, 4.69) is 43.3 Å². The molecule has 18 heavy (non-hydrogen) atoms. The van der Waals surface area contributed by atoms with Crippen molar-refractivity contribution < 1.29 is 9.84 Å². The van der Waals surface area contributed by atoms with E-state index in [4.69, 9.17) is 9.84 Å². The zero-order valence-corrected chi connectivity index (χ0v) is 10.6. The van der Waals surface area contributed by atoms with Crippen LogP contribution in [0.15, 0.2) is 48.5 Å². The van der Waals surface area contributed by atoms with E-state index in [0.717, 1.165) is 5.75 Å². The van der Waals surface area contributed by atoms with Crippen LogP contribution in [0.25, 0.3) is 11.1 Å². The second-order valence-electron chi connectivity index (χ2n) is 4.32. The van der Waals surface area contributed by atoms with Crippen molar-refractivity contribution >= 4 is 0 Å². The van der Waals surface area contributed by atoms with Crippen molar-refractivity contribution in [3.63, 3.8) is 0 Å². The van der Waals surface area contributed by atoms with Gasteiger partial charge in [-0.1, -0.05) is 42.0 Å². The molecule has 2 aromatic carbocycles. The molecule has 1 N–H and O–H groups in total. The summed E-state index contributed by atoms with van der Waals surface area (Å²) in [7, 11) is 0. The third-order valence-electron chi connectivity index (χ3n) is 2.81. The Kier molecular flexibility index (Phi) is 4.37. The maximum absolute atomic E-state index is 8.68. The normalized spacial score (nSPS) is 10.3. The van der Waals surface area contributed by atoms with Crippen molar-refractivity contribution in [2.45, 2.75) is 13.3 Å². The van der Waals surface area contributed by atoms with E-state index in [0.29, 0.717) is 13.0 Å². The summed E-state index contributed by atoms with van der Waals surface area (Å²) >= 11 is 0. The standard InChI is InChI=1S/C16H18O2/c1-13-3-5-14(6-4-13)15-7-9-16(10-8-15)18-12-2-11-17/h3-10,17H,2,11-12H2,1H3. The van der Waals surface area contributed by atoms with Crippen LogP contribution in [0.2, 0.25) is 0 Å². The summed E-state index contributed by atoms with van der Waals surface area (Å²) in [4.78, 5) is 0. The van der Waals surface area contributed by atoms with E-state index in [1.807, 2.05) is 12.1 Å². The topological polar surface area (TPSA) is 29.5 Å². The smallest absolute Gasteiger partial charge is 0.119 e. The molecule has 2 nitrogen and oxygen atoms in total. The van der Waals surface area contributed by atoms with Crippen LogP contribution in [0.4, 0.5) is 0 Å². The lowest BCUT2D eigenvalue weighted by atomic mass is 10.0. The largest absolute Gasteiger partial charge is 0.494 e. The SMILES string of the molecule is Cc1ccc(-c2ccc(OCCCO)cc2)cc1. The molecule has 0 aliphatic heterocycles. The number of aliphatic hydroxyl groups excluding tert-OH is 1. The number of aryl methyl sites for hydroxylation is 1. The van der Waals surface area contributed by atoms with E-state index < -0.39 is 0 Å². The molecule has 0 saturated carbocycles. The molecular formula is C16H18O2. The van der Waals surface area contributed by atoms with E-state index in [1.165, 1.54) is 16.7 Å². The molecule has 2 heteroatoms. The summed E-state index contributed by atoms with van der Waals surface area (Å²) in [6.45, 7) is 2.81. The molecular weight excluding hydrogens is 224 g/mol. The van der Waals surface area contributed by atoms with Crippen molar-refractivity contribution in [1.29, 1.82) is 0 Å². The highest BCUT2D eigenvalue weighted by molar-refractivity contribution is 5.64. The first kappa shape index (κ1) is 12.7. The van der Waals surface area contributed by atoms with Crippen LogP contribution >= 0.6 is 0 Å². The third-order valence-corrected chi connectivity index (χ3v) is 2.81. The summed E-state index contributed by atoms with van der Waals surface area (Å²) in [5, 5.41) is 8.68. The van der Waals surface area contributed by atoms with E-state index in [-0.39, 0.29) is 6.61 Å². The van der Waals surface area contributed by atoms with Gasteiger partial charge in [0.15, 0.2) is 0 Å². The van der Waals surface area contributed by atoms with Gasteiger partial charge in [0.05, 0.1) is 6.61 Å². The van der Waals surface area contributed by atoms with Gasteiger partial charge in [0.2, 0.25) is 0 Å². The zero-order chi connectivity index (χ0) is 12.8. The minimum atomic E-state index is 0.168. The number of aliphatic hydroxyl groups is 1. The van der Waals surface area contributed by atoms with Gasteiger partial charge in [0, 0.05) is 13.0 Å². The fourth-order valence-electron chi connectivity index (χ4n) is 1.74. The maximum atomic E-state index is 8.68. The molecule has 0 amide bonds. The Balaban J connectivity index is 2.05. The number of hydrogen-bond donors (Lipinski definition) is 1. The van der Waals surface area contributed by atoms with E-state index in [9.17, 15) is 0 Å². The average molecular weight is 242 g/mol. The minimum absolute atomic E-state index is 0.168. The molecule has 94 valence electrons. The Morgan fingerprint density at radius 3 is 2.00 bits per heavy atom. The number of benzene rings is 2. The highest BCUT2D eigenvalue weighted by Crippen LogP contribution is 2.22. The van der Waals surface area contributed by atoms with Gasteiger partial charge in [-0.3, -0.25) is 0 Å². The van der Waals surface area contributed by atoms with Crippen LogP contribution in [0.3, 0.4) is 0 Å². The number of hydrogen-bond acceptors (Lipinski definition) is 2. The third kappa shape index (κ3) is 3.34. The lowest BCUT2D eigenvalue weighted by Crippen LogP contribution is -1.99. The second-order valence-corrected chi connectivity index (χ2v) is 4.32. The van der Waals surface area contributed by atoms with Crippen LogP contribution in [-0.2, 0) is 0 Å². The molecule has 0 bridgehead atoms. The fourth-order valence-corrected chi connectivity index (χ4v) is 1.74. The molecule has 0 atom stereocenters. The molecule has 0 saturated heterocycles. The van der Waals surface area contributed by atoms with Crippen LogP contribution in [0.1, 0.15) is 12.0 Å². The van der Waals surface area contributed by atoms with Crippen molar-refractivity contribution in [1.82, 2.24) is 0 Å². The number of rotatable bonds is 5. The van der Waals surface area contributed by atoms with Crippen LogP contribution in [-0.4, -0.2) is 18.3 Å². The highest BCUT2D eigenvalue weighted by Gasteiger charge is 1.98. The van der Waals surface area contributed by atoms with E-state index in [1.54, 1.807) is 0 Å². The van der Waals surface area contributed by atoms with Gasteiger partial charge in [-0.05, 0) is 30.2 Å². The molecule has 0 aromatic heterocycles. The average Bonchev–Trinajstić information content (AvgIpc) is 2.41. The molecule has 0 unspecified atom stereocenters. The predicted octanol–water partition coefficient (Wildman–Crippen LogP) is 3.42. The van der Waals surface area contributed by atoms with E-state index >= 15 is 0 Å². The minimum Gasteiger partial charge on any atom is -0.494 e. The van der Waals surface area contributed by atoms with Crippen LogP contribution in [0.5, 0.6) is 5.75 Å². The summed E-state index contributed by atoms with van der Waals surface area (Å²) < 4.78 is 5.50. The van der Waals surface area contributed by atoms with Gasteiger partial charge in [-0.15, -0.1) is 0 Å². The van der Waals surface area contributed by atoms with Gasteiger partial charge >= 0.3 is 0 Å². The summed E-state index contributed by atoms with van der Waals surface area (Å²) in [6.07, 6.45) is 0.666. The van der Waals surface area contributed by atoms with Crippen molar-refractivity contribution in [3.8, 4) is 16.9 Å². The Hall–Kier alpha value is -1.80. The summed E-state index contributed by atoms with van der Waals surface area (Å²) in [5.74, 6) is 0.847. The maximum Gasteiger partial charge on any atom is 0.119 e. The molecule has 2 rings (SSSR count). The van der Waals surface area contributed by atoms with Gasteiger partial charge in [0.1, 0.15) is 5.75 Å². The Bertz CT molecular complexity index is 471. The first-order chi connectivity index (χ1) is 8.79. The highest BCUT2D eigenvalue weighted by atomic mass is 16.5. The Labute approximate surface area is 108 Å². The lowest BCUT2D eigenvalue weighted by Gasteiger charge is -2.07. The molecule has 0 radical (unpaired) electrons. The van der Waals surface area contributed by atoms with Gasteiger partial charge in [0.25, 0.3) is 0 Å². The van der Waals surface area contributed by atoms with Crippen molar-refractivity contribution in [2.75, 3.05) is 13.2 Å². The van der Waals surface area contributed by atoms with Crippen LogP contribution in [0, 0.1) is 6.92 Å². The first-order valence-electron chi connectivity index (χ1n) is 6.20. The zero-order valence-electron chi connectivity index (χ0n) is 10.6. The van der Waals surface area contributed by atoms with Gasteiger partial charge in [-0.2, -0.15) is 0 Å². The Morgan fingerprint density at radius 2 is 1.44 bits per heavy atom. The van der Waals surface area contributed by atoms with Crippen molar-refractivity contribution in [3.05, 3.63) is 54.1 Å². The van der Waals surface area contributed by atoms with Gasteiger partial charge in [-0.25, -0.2) is 0 Å². The quantitative estimate of drug-likeness (QED) is 0.814. The number of ether oxygens (including phenoxy) is 1. The molecule has 2 aromatic rings. The lowest BCUT2D eigenvalue weighted by molar-refractivity contribution is 0.233. The van der Waals surface area contributed by atoms with Crippen LogP contribution < -0.4 is 4.74 Å². The fraction of sp³-hybridized carbons (Fsp3) is 0.250. The molecule has 0 heterocycles. The predicted molar refractivity (Wildman–Crippen MR) is 73.8 cm³/mol. The Morgan fingerprint density at radius 1 is 0.889 bits per heavy atom. The van der Waals surface area contributed by atoms with Crippen molar-refractivity contribution in [2.24, 2.45) is 0 Å².